The molecule has 1 heterocycles. The lowest BCUT2D eigenvalue weighted by atomic mass is 10.3. The standard InChI is InChI=1S/C12H22N4O/c1-5-13-12-15-8-10(4)11(16-12)14-6-7-17-9(2)3/h8-9H,5-7H2,1-4H3,(H2,13,14,15,16). The second kappa shape index (κ2) is 7.06. The minimum atomic E-state index is 0.264. The van der Waals surface area contributed by atoms with Crippen molar-refractivity contribution in [3.8, 4) is 0 Å². The number of nitrogens with one attached hydrogen (secondary N) is 2. The van der Waals surface area contributed by atoms with Gasteiger partial charge in [0.25, 0.3) is 0 Å². The number of aromatic nitrogens is 2. The molecule has 5 nitrogen and oxygen atoms in total. The van der Waals surface area contributed by atoms with E-state index < -0.39 is 0 Å². The van der Waals surface area contributed by atoms with Crippen LogP contribution in [0.2, 0.25) is 0 Å². The fourth-order valence-electron chi connectivity index (χ4n) is 1.33. The fraction of sp³-hybridized carbons (Fsp3) is 0.667. The Morgan fingerprint density at radius 3 is 2.76 bits per heavy atom. The van der Waals surface area contributed by atoms with E-state index in [-0.39, 0.29) is 6.10 Å². The summed E-state index contributed by atoms with van der Waals surface area (Å²) in [6, 6.07) is 0. The van der Waals surface area contributed by atoms with Crippen LogP contribution in [-0.4, -0.2) is 35.8 Å². The summed E-state index contributed by atoms with van der Waals surface area (Å²) >= 11 is 0. The van der Waals surface area contributed by atoms with E-state index in [2.05, 4.69) is 20.6 Å². The summed E-state index contributed by atoms with van der Waals surface area (Å²) in [6.07, 6.45) is 2.08. The van der Waals surface area contributed by atoms with Crippen LogP contribution in [0.1, 0.15) is 26.3 Å². The van der Waals surface area contributed by atoms with Crippen molar-refractivity contribution < 1.29 is 4.74 Å². The molecule has 0 amide bonds. The molecule has 17 heavy (non-hydrogen) atoms. The first-order valence-corrected chi connectivity index (χ1v) is 6.06. The zero-order valence-electron chi connectivity index (χ0n) is 11.1. The van der Waals surface area contributed by atoms with Crippen molar-refractivity contribution in [1.82, 2.24) is 9.97 Å². The molecule has 0 radical (unpaired) electrons. The van der Waals surface area contributed by atoms with Gasteiger partial charge in [0.1, 0.15) is 5.82 Å². The van der Waals surface area contributed by atoms with Gasteiger partial charge in [0.05, 0.1) is 12.7 Å². The van der Waals surface area contributed by atoms with Crippen LogP contribution in [0, 0.1) is 6.92 Å². The van der Waals surface area contributed by atoms with Crippen LogP contribution in [-0.2, 0) is 4.74 Å². The van der Waals surface area contributed by atoms with Gasteiger partial charge in [-0.05, 0) is 27.7 Å². The topological polar surface area (TPSA) is 59.1 Å². The molecule has 5 heteroatoms. The number of nitrogens with zero attached hydrogens (tertiary/aromatic N) is 2. The van der Waals surface area contributed by atoms with Crippen molar-refractivity contribution in [2.45, 2.75) is 33.8 Å². The van der Waals surface area contributed by atoms with Gasteiger partial charge in [-0.2, -0.15) is 4.98 Å². The summed E-state index contributed by atoms with van der Waals surface area (Å²) in [4.78, 5) is 8.58. The Morgan fingerprint density at radius 2 is 2.12 bits per heavy atom. The summed E-state index contributed by atoms with van der Waals surface area (Å²) in [7, 11) is 0. The first kappa shape index (κ1) is 13.7. The largest absolute Gasteiger partial charge is 0.377 e. The Bertz CT molecular complexity index is 341. The maximum Gasteiger partial charge on any atom is 0.224 e. The van der Waals surface area contributed by atoms with Gasteiger partial charge in [0.15, 0.2) is 0 Å². The molecule has 96 valence electrons. The molecule has 0 aliphatic heterocycles. The van der Waals surface area contributed by atoms with Crippen LogP contribution in [0.25, 0.3) is 0 Å². The van der Waals surface area contributed by atoms with E-state index in [1.165, 1.54) is 0 Å². The maximum absolute atomic E-state index is 5.46. The second-order valence-electron chi connectivity index (χ2n) is 4.10. The third-order valence-corrected chi connectivity index (χ3v) is 2.15. The van der Waals surface area contributed by atoms with Crippen molar-refractivity contribution in [2.75, 3.05) is 30.3 Å². The van der Waals surface area contributed by atoms with Crippen LogP contribution in [0.5, 0.6) is 0 Å². The lowest BCUT2D eigenvalue weighted by molar-refractivity contribution is 0.0870. The van der Waals surface area contributed by atoms with Gasteiger partial charge in [0, 0.05) is 24.8 Å². The van der Waals surface area contributed by atoms with E-state index in [4.69, 9.17) is 4.74 Å². The molecule has 0 spiro atoms. The predicted molar refractivity (Wildman–Crippen MR) is 70.5 cm³/mol. The highest BCUT2D eigenvalue weighted by Gasteiger charge is 2.02. The van der Waals surface area contributed by atoms with Gasteiger partial charge in [-0.1, -0.05) is 0 Å². The van der Waals surface area contributed by atoms with Crippen molar-refractivity contribution in [3.63, 3.8) is 0 Å². The molecular weight excluding hydrogens is 216 g/mol. The Kier molecular flexibility index (Phi) is 5.69. The molecule has 0 bridgehead atoms. The van der Waals surface area contributed by atoms with Crippen LogP contribution >= 0.6 is 0 Å². The van der Waals surface area contributed by atoms with Gasteiger partial charge in [-0.25, -0.2) is 4.98 Å². The normalized spacial score (nSPS) is 10.6. The molecule has 0 aromatic carbocycles. The molecule has 1 aromatic heterocycles. The van der Waals surface area contributed by atoms with Gasteiger partial charge in [0.2, 0.25) is 5.95 Å². The molecule has 0 aliphatic carbocycles. The van der Waals surface area contributed by atoms with Crippen LogP contribution in [0.15, 0.2) is 6.20 Å². The second-order valence-corrected chi connectivity index (χ2v) is 4.10. The number of hydrogen-bond donors (Lipinski definition) is 2. The highest BCUT2D eigenvalue weighted by molar-refractivity contribution is 5.46. The molecule has 0 aliphatic rings. The minimum absolute atomic E-state index is 0.264. The van der Waals surface area contributed by atoms with Crippen molar-refractivity contribution >= 4 is 11.8 Å². The molecule has 1 rings (SSSR count). The average molecular weight is 238 g/mol. The number of anilines is 2. The Hall–Kier alpha value is -1.36. The van der Waals surface area contributed by atoms with Crippen molar-refractivity contribution in [1.29, 1.82) is 0 Å². The van der Waals surface area contributed by atoms with Gasteiger partial charge >= 0.3 is 0 Å². The third-order valence-electron chi connectivity index (χ3n) is 2.15. The first-order valence-electron chi connectivity index (χ1n) is 6.06. The fourth-order valence-corrected chi connectivity index (χ4v) is 1.33. The lowest BCUT2D eigenvalue weighted by Gasteiger charge is -2.11. The quantitative estimate of drug-likeness (QED) is 0.712. The Morgan fingerprint density at radius 1 is 1.35 bits per heavy atom. The zero-order valence-corrected chi connectivity index (χ0v) is 11.1. The molecule has 0 saturated carbocycles. The van der Waals surface area contributed by atoms with Crippen molar-refractivity contribution in [3.05, 3.63) is 11.8 Å². The smallest absolute Gasteiger partial charge is 0.224 e. The van der Waals surface area contributed by atoms with Gasteiger partial charge in [-0.15, -0.1) is 0 Å². The first-order chi connectivity index (χ1) is 8.13. The van der Waals surface area contributed by atoms with E-state index in [0.717, 1.165) is 24.5 Å². The monoisotopic (exact) mass is 238 g/mol. The Balaban J connectivity index is 2.48. The van der Waals surface area contributed by atoms with E-state index in [1.54, 1.807) is 0 Å². The number of aryl methyl sites for hydroxylation is 1. The van der Waals surface area contributed by atoms with Gasteiger partial charge in [-0.3, -0.25) is 0 Å². The molecule has 0 atom stereocenters. The SMILES string of the molecule is CCNc1ncc(C)c(NCCOC(C)C)n1. The highest BCUT2D eigenvalue weighted by atomic mass is 16.5. The van der Waals surface area contributed by atoms with E-state index in [9.17, 15) is 0 Å². The zero-order chi connectivity index (χ0) is 12.7. The third kappa shape index (κ3) is 4.99. The summed E-state index contributed by atoms with van der Waals surface area (Å²) in [5, 5.41) is 6.34. The molecule has 1 aromatic rings. The highest BCUT2D eigenvalue weighted by Crippen LogP contribution is 2.11. The lowest BCUT2D eigenvalue weighted by Crippen LogP contribution is -2.15. The average Bonchev–Trinajstić information content (AvgIpc) is 2.28. The minimum Gasteiger partial charge on any atom is -0.377 e. The molecule has 0 fully saturated rings. The van der Waals surface area contributed by atoms with Gasteiger partial charge < -0.3 is 15.4 Å². The number of ether oxygens (including phenoxy) is 1. The molecular formula is C12H22N4O. The van der Waals surface area contributed by atoms with Crippen LogP contribution in [0.4, 0.5) is 11.8 Å². The summed E-state index contributed by atoms with van der Waals surface area (Å²) in [5.41, 5.74) is 1.04. The van der Waals surface area contributed by atoms with Crippen molar-refractivity contribution in [2.24, 2.45) is 0 Å². The maximum atomic E-state index is 5.46. The van der Waals surface area contributed by atoms with E-state index in [0.29, 0.717) is 12.6 Å². The van der Waals surface area contributed by atoms with E-state index >= 15 is 0 Å². The van der Waals surface area contributed by atoms with Crippen LogP contribution in [0.3, 0.4) is 0 Å². The predicted octanol–water partition coefficient (Wildman–Crippen LogP) is 2.05. The summed E-state index contributed by atoms with van der Waals surface area (Å²) in [5.74, 6) is 1.52. The van der Waals surface area contributed by atoms with Crippen LogP contribution < -0.4 is 10.6 Å². The number of hydrogen-bond acceptors (Lipinski definition) is 5. The summed E-state index contributed by atoms with van der Waals surface area (Å²) < 4.78 is 5.46. The molecule has 0 saturated heterocycles. The molecule has 0 unspecified atom stereocenters. The number of rotatable bonds is 7. The molecule has 2 N–H and O–H groups in total. The summed E-state index contributed by atoms with van der Waals surface area (Å²) in [6.45, 7) is 10.3. The Labute approximate surface area is 103 Å². The van der Waals surface area contributed by atoms with E-state index in [1.807, 2.05) is 33.9 Å².